The number of carbonyl (C=O) groups is 1. The maximum atomic E-state index is 10.7. The number of hydrogen-bond acceptors (Lipinski definition) is 2. The molecule has 1 aromatic rings. The van der Waals surface area contributed by atoms with E-state index in [2.05, 4.69) is 0 Å². The minimum absolute atomic E-state index is 0.0618. The predicted molar refractivity (Wildman–Crippen MR) is 63.4 cm³/mol. The Bertz CT molecular complexity index is 401. The van der Waals surface area contributed by atoms with Crippen LogP contribution in [0.25, 0.3) is 0 Å². The molecule has 0 spiro atoms. The van der Waals surface area contributed by atoms with Gasteiger partial charge in [0.15, 0.2) is 0 Å². The van der Waals surface area contributed by atoms with Gasteiger partial charge in [-0.2, -0.15) is 0 Å². The Kier molecular flexibility index (Phi) is 4.19. The van der Waals surface area contributed by atoms with Crippen LogP contribution in [0.2, 0.25) is 5.02 Å². The minimum Gasteiger partial charge on any atom is -0.497 e. The Hall–Kier alpha value is -1.22. The smallest absolute Gasteiger partial charge is 0.303 e. The lowest BCUT2D eigenvalue weighted by atomic mass is 9.96. The molecule has 0 aliphatic heterocycles. The standard InChI is InChI=1S/C12H15ClO3/c1-7(5-11(14)15)10-6-9(16-3)4-8(2)12(10)13/h4,6-7H,5H2,1-3H3,(H,14,15). The number of benzene rings is 1. The van der Waals surface area contributed by atoms with Crippen LogP contribution in [0, 0.1) is 6.92 Å². The summed E-state index contributed by atoms with van der Waals surface area (Å²) in [5.41, 5.74) is 1.72. The van der Waals surface area contributed by atoms with Crippen LogP contribution in [0.4, 0.5) is 0 Å². The monoisotopic (exact) mass is 242 g/mol. The fourth-order valence-corrected chi connectivity index (χ4v) is 1.91. The molecule has 1 N–H and O–H groups in total. The number of halogens is 1. The highest BCUT2D eigenvalue weighted by Gasteiger charge is 2.16. The van der Waals surface area contributed by atoms with E-state index in [1.165, 1.54) is 0 Å². The zero-order valence-electron chi connectivity index (χ0n) is 9.58. The summed E-state index contributed by atoms with van der Waals surface area (Å²) in [4.78, 5) is 10.7. The lowest BCUT2D eigenvalue weighted by Crippen LogP contribution is -2.04. The van der Waals surface area contributed by atoms with E-state index in [0.29, 0.717) is 10.8 Å². The molecule has 0 saturated carbocycles. The van der Waals surface area contributed by atoms with Crippen molar-refractivity contribution in [3.8, 4) is 5.75 Å². The largest absolute Gasteiger partial charge is 0.497 e. The van der Waals surface area contributed by atoms with Crippen LogP contribution in [-0.4, -0.2) is 18.2 Å². The van der Waals surface area contributed by atoms with Crippen LogP contribution < -0.4 is 4.74 Å². The Morgan fingerprint density at radius 1 is 1.56 bits per heavy atom. The zero-order chi connectivity index (χ0) is 12.3. The first-order chi connectivity index (χ1) is 7.45. The van der Waals surface area contributed by atoms with E-state index in [-0.39, 0.29) is 12.3 Å². The summed E-state index contributed by atoms with van der Waals surface area (Å²) in [5, 5.41) is 9.38. The normalized spacial score (nSPS) is 12.2. The van der Waals surface area contributed by atoms with Crippen molar-refractivity contribution in [3.05, 3.63) is 28.3 Å². The second-order valence-electron chi connectivity index (χ2n) is 3.85. The van der Waals surface area contributed by atoms with E-state index < -0.39 is 5.97 Å². The van der Waals surface area contributed by atoms with Crippen molar-refractivity contribution >= 4 is 17.6 Å². The average molecular weight is 243 g/mol. The van der Waals surface area contributed by atoms with Crippen molar-refractivity contribution in [1.82, 2.24) is 0 Å². The molecule has 0 aromatic heterocycles. The molecule has 3 nitrogen and oxygen atoms in total. The number of rotatable bonds is 4. The van der Waals surface area contributed by atoms with Gasteiger partial charge in [0, 0.05) is 5.02 Å². The molecule has 0 aliphatic rings. The third kappa shape index (κ3) is 2.89. The molecule has 0 heterocycles. The second-order valence-corrected chi connectivity index (χ2v) is 4.22. The van der Waals surface area contributed by atoms with Crippen molar-refractivity contribution < 1.29 is 14.6 Å². The van der Waals surface area contributed by atoms with Crippen LogP contribution in [-0.2, 0) is 4.79 Å². The summed E-state index contributed by atoms with van der Waals surface area (Å²) in [5.74, 6) is -0.253. The number of methoxy groups -OCH3 is 1. The maximum absolute atomic E-state index is 10.7. The molecule has 0 saturated heterocycles. The second kappa shape index (κ2) is 5.21. The topological polar surface area (TPSA) is 46.5 Å². The first-order valence-corrected chi connectivity index (χ1v) is 5.39. The van der Waals surface area contributed by atoms with E-state index in [1.807, 2.05) is 19.9 Å². The van der Waals surface area contributed by atoms with E-state index >= 15 is 0 Å². The van der Waals surface area contributed by atoms with Gasteiger partial charge in [-0.25, -0.2) is 0 Å². The Morgan fingerprint density at radius 2 is 2.19 bits per heavy atom. The molecule has 1 rings (SSSR count). The van der Waals surface area contributed by atoms with Crippen LogP contribution in [0.5, 0.6) is 5.75 Å². The molecular formula is C12H15ClO3. The van der Waals surface area contributed by atoms with Gasteiger partial charge in [-0.1, -0.05) is 18.5 Å². The SMILES string of the molecule is COc1cc(C)c(Cl)c(C(C)CC(=O)O)c1. The van der Waals surface area contributed by atoms with Crippen LogP contribution in [0.15, 0.2) is 12.1 Å². The van der Waals surface area contributed by atoms with Gasteiger partial charge in [-0.15, -0.1) is 0 Å². The Labute approximate surface area is 100.0 Å². The molecule has 0 fully saturated rings. The summed E-state index contributed by atoms with van der Waals surface area (Å²) in [6.45, 7) is 3.72. The molecule has 1 aromatic carbocycles. The van der Waals surface area contributed by atoms with Gasteiger partial charge < -0.3 is 9.84 Å². The lowest BCUT2D eigenvalue weighted by Gasteiger charge is -2.14. The molecule has 0 aliphatic carbocycles. The number of ether oxygens (including phenoxy) is 1. The molecule has 1 atom stereocenters. The van der Waals surface area contributed by atoms with Crippen LogP contribution in [0.1, 0.15) is 30.4 Å². The summed E-state index contributed by atoms with van der Waals surface area (Å²) in [7, 11) is 1.58. The van der Waals surface area contributed by atoms with E-state index in [9.17, 15) is 4.79 Å². The number of carboxylic acid groups (broad SMARTS) is 1. The molecular weight excluding hydrogens is 228 g/mol. The van der Waals surface area contributed by atoms with Crippen molar-refractivity contribution in [1.29, 1.82) is 0 Å². The van der Waals surface area contributed by atoms with Crippen molar-refractivity contribution in [2.45, 2.75) is 26.2 Å². The number of aryl methyl sites for hydroxylation is 1. The van der Waals surface area contributed by atoms with E-state index in [0.717, 1.165) is 11.1 Å². The summed E-state index contributed by atoms with van der Waals surface area (Å²) >= 11 is 6.15. The quantitative estimate of drug-likeness (QED) is 0.882. The highest BCUT2D eigenvalue weighted by Crippen LogP contribution is 2.33. The Morgan fingerprint density at radius 3 is 2.69 bits per heavy atom. The number of carboxylic acids is 1. The highest BCUT2D eigenvalue weighted by molar-refractivity contribution is 6.32. The van der Waals surface area contributed by atoms with Crippen molar-refractivity contribution in [2.75, 3.05) is 7.11 Å². The van der Waals surface area contributed by atoms with Gasteiger partial charge in [0.25, 0.3) is 0 Å². The van der Waals surface area contributed by atoms with Gasteiger partial charge in [-0.05, 0) is 36.1 Å². The first kappa shape index (κ1) is 12.8. The third-order valence-corrected chi connectivity index (χ3v) is 3.02. The molecule has 1 unspecified atom stereocenters. The van der Waals surface area contributed by atoms with Crippen LogP contribution >= 0.6 is 11.6 Å². The first-order valence-electron chi connectivity index (χ1n) is 5.01. The third-order valence-electron chi connectivity index (χ3n) is 2.50. The molecule has 16 heavy (non-hydrogen) atoms. The molecule has 0 amide bonds. The van der Waals surface area contributed by atoms with Gasteiger partial charge in [0.05, 0.1) is 13.5 Å². The molecule has 88 valence electrons. The molecule has 4 heteroatoms. The number of aliphatic carboxylic acids is 1. The van der Waals surface area contributed by atoms with E-state index in [4.69, 9.17) is 21.4 Å². The van der Waals surface area contributed by atoms with Crippen molar-refractivity contribution in [3.63, 3.8) is 0 Å². The lowest BCUT2D eigenvalue weighted by molar-refractivity contribution is -0.137. The molecule has 0 bridgehead atoms. The highest BCUT2D eigenvalue weighted by atomic mass is 35.5. The Balaban J connectivity index is 3.10. The fourth-order valence-electron chi connectivity index (χ4n) is 1.61. The van der Waals surface area contributed by atoms with Gasteiger partial charge in [-0.3, -0.25) is 4.79 Å². The van der Waals surface area contributed by atoms with Crippen LogP contribution in [0.3, 0.4) is 0 Å². The minimum atomic E-state index is -0.830. The van der Waals surface area contributed by atoms with Gasteiger partial charge in [0.1, 0.15) is 5.75 Å². The summed E-state index contributed by atoms with van der Waals surface area (Å²) < 4.78 is 5.14. The predicted octanol–water partition coefficient (Wildman–Crippen LogP) is 3.24. The average Bonchev–Trinajstić information content (AvgIpc) is 2.20. The fraction of sp³-hybridized carbons (Fsp3) is 0.417. The van der Waals surface area contributed by atoms with E-state index in [1.54, 1.807) is 13.2 Å². The number of hydrogen-bond donors (Lipinski definition) is 1. The van der Waals surface area contributed by atoms with Gasteiger partial charge in [0.2, 0.25) is 0 Å². The van der Waals surface area contributed by atoms with Gasteiger partial charge >= 0.3 is 5.97 Å². The summed E-state index contributed by atoms with van der Waals surface area (Å²) in [6.07, 6.45) is 0.0618. The van der Waals surface area contributed by atoms with Crippen molar-refractivity contribution in [2.24, 2.45) is 0 Å². The zero-order valence-corrected chi connectivity index (χ0v) is 10.3. The maximum Gasteiger partial charge on any atom is 0.303 e. The molecule has 0 radical (unpaired) electrons. The summed E-state index contributed by atoms with van der Waals surface area (Å²) in [6, 6.07) is 3.63.